The second-order valence-electron chi connectivity index (χ2n) is 6.27. The fourth-order valence-electron chi connectivity index (χ4n) is 2.79. The molecule has 0 saturated heterocycles. The molecule has 1 amide bonds. The summed E-state index contributed by atoms with van der Waals surface area (Å²) in [5.41, 5.74) is 0.159. The molecule has 0 spiro atoms. The molecule has 0 aromatic rings. The van der Waals surface area contributed by atoms with E-state index in [2.05, 4.69) is 33.0 Å². The third-order valence-corrected chi connectivity index (χ3v) is 4.34. The predicted octanol–water partition coefficient (Wildman–Crippen LogP) is 3.58. The number of halogens is 1. The lowest BCUT2D eigenvalue weighted by Gasteiger charge is -2.29. The Kier molecular flexibility index (Phi) is 5.30. The van der Waals surface area contributed by atoms with E-state index in [-0.39, 0.29) is 23.3 Å². The van der Waals surface area contributed by atoms with E-state index < -0.39 is 0 Å². The first kappa shape index (κ1) is 14.8. The van der Waals surface area contributed by atoms with Crippen LogP contribution in [0.25, 0.3) is 0 Å². The third-order valence-electron chi connectivity index (χ3n) is 4.13. The van der Waals surface area contributed by atoms with Gasteiger partial charge in [-0.3, -0.25) is 4.79 Å². The fourth-order valence-corrected chi connectivity index (χ4v) is 3.02. The van der Waals surface area contributed by atoms with E-state index in [4.69, 9.17) is 11.6 Å². The van der Waals surface area contributed by atoms with Crippen LogP contribution in [0.5, 0.6) is 0 Å². The van der Waals surface area contributed by atoms with E-state index in [9.17, 15) is 4.79 Å². The number of amides is 1. The molecule has 2 nitrogen and oxygen atoms in total. The van der Waals surface area contributed by atoms with Crippen LogP contribution in [0.3, 0.4) is 0 Å². The minimum atomic E-state index is 0.159. The normalized spacial score (nSPS) is 24.9. The van der Waals surface area contributed by atoms with Crippen molar-refractivity contribution in [2.45, 2.75) is 59.4 Å². The molecule has 100 valence electrons. The second kappa shape index (κ2) is 6.08. The number of rotatable bonds is 5. The van der Waals surface area contributed by atoms with Crippen LogP contribution in [0, 0.1) is 17.3 Å². The molecule has 1 aliphatic rings. The fraction of sp³-hybridized carbons (Fsp3) is 0.929. The van der Waals surface area contributed by atoms with Crippen LogP contribution in [0.15, 0.2) is 0 Å². The molecule has 1 N–H and O–H groups in total. The maximum atomic E-state index is 12.3. The van der Waals surface area contributed by atoms with Crippen LogP contribution < -0.4 is 5.32 Å². The average molecular weight is 260 g/mol. The van der Waals surface area contributed by atoms with Gasteiger partial charge in [0.05, 0.1) is 0 Å². The minimum Gasteiger partial charge on any atom is -0.353 e. The number of carbonyl (C=O) groups excluding carboxylic acids is 1. The van der Waals surface area contributed by atoms with Crippen LogP contribution in [-0.4, -0.2) is 17.8 Å². The van der Waals surface area contributed by atoms with Crippen molar-refractivity contribution in [3.05, 3.63) is 0 Å². The highest BCUT2D eigenvalue weighted by atomic mass is 35.5. The lowest BCUT2D eigenvalue weighted by atomic mass is 9.81. The molecule has 3 heteroatoms. The van der Waals surface area contributed by atoms with Gasteiger partial charge in [0.2, 0.25) is 5.91 Å². The van der Waals surface area contributed by atoms with Crippen molar-refractivity contribution in [3.8, 4) is 0 Å². The van der Waals surface area contributed by atoms with E-state index >= 15 is 0 Å². The molecule has 0 aliphatic heterocycles. The van der Waals surface area contributed by atoms with Gasteiger partial charge < -0.3 is 5.32 Å². The zero-order valence-electron chi connectivity index (χ0n) is 11.6. The summed E-state index contributed by atoms with van der Waals surface area (Å²) in [5, 5.41) is 3.19. The van der Waals surface area contributed by atoms with E-state index in [0.717, 1.165) is 19.3 Å². The molecular formula is C14H26ClNO. The Balaban J connectivity index is 2.58. The highest BCUT2D eigenvalue weighted by Crippen LogP contribution is 2.42. The summed E-state index contributed by atoms with van der Waals surface area (Å²) in [6.07, 6.45) is 4.22. The van der Waals surface area contributed by atoms with Crippen molar-refractivity contribution < 1.29 is 4.79 Å². The highest BCUT2D eigenvalue weighted by molar-refractivity contribution is 6.17. The Hall–Kier alpha value is -0.240. The Labute approximate surface area is 110 Å². The SMILES string of the molecule is CC(C)C(CCCl)NC(=O)C1CCCC1(C)C. The van der Waals surface area contributed by atoms with Crippen molar-refractivity contribution >= 4 is 17.5 Å². The average Bonchev–Trinajstić information content (AvgIpc) is 2.57. The number of hydrogen-bond acceptors (Lipinski definition) is 1. The Morgan fingerprint density at radius 1 is 1.47 bits per heavy atom. The lowest BCUT2D eigenvalue weighted by Crippen LogP contribution is -2.44. The predicted molar refractivity (Wildman–Crippen MR) is 73.2 cm³/mol. The summed E-state index contributed by atoms with van der Waals surface area (Å²) < 4.78 is 0. The van der Waals surface area contributed by atoms with Gasteiger partial charge in [0.1, 0.15) is 0 Å². The van der Waals surface area contributed by atoms with Crippen LogP contribution >= 0.6 is 11.6 Å². The van der Waals surface area contributed by atoms with Crippen molar-refractivity contribution in [1.82, 2.24) is 5.32 Å². The van der Waals surface area contributed by atoms with Crippen LogP contribution in [0.1, 0.15) is 53.4 Å². The molecule has 0 heterocycles. The van der Waals surface area contributed by atoms with Crippen LogP contribution in [-0.2, 0) is 4.79 Å². The highest BCUT2D eigenvalue weighted by Gasteiger charge is 2.39. The molecule has 1 fully saturated rings. The third kappa shape index (κ3) is 3.87. The molecule has 1 rings (SSSR count). The second-order valence-corrected chi connectivity index (χ2v) is 6.65. The largest absolute Gasteiger partial charge is 0.353 e. The molecule has 1 saturated carbocycles. The summed E-state index contributed by atoms with van der Waals surface area (Å²) in [4.78, 5) is 12.3. The number of nitrogens with one attached hydrogen (secondary N) is 1. The molecule has 0 bridgehead atoms. The molecular weight excluding hydrogens is 234 g/mol. The molecule has 0 radical (unpaired) electrons. The standard InChI is InChI=1S/C14H26ClNO/c1-10(2)12(7-9-15)16-13(17)11-6-5-8-14(11,3)4/h10-12H,5-9H2,1-4H3,(H,16,17). The van der Waals surface area contributed by atoms with Gasteiger partial charge in [0.15, 0.2) is 0 Å². The molecule has 0 aromatic heterocycles. The first-order valence-electron chi connectivity index (χ1n) is 6.75. The summed E-state index contributed by atoms with van der Waals surface area (Å²) in [7, 11) is 0. The van der Waals surface area contributed by atoms with Gasteiger partial charge in [0.25, 0.3) is 0 Å². The molecule has 0 aromatic carbocycles. The Bertz CT molecular complexity index is 263. The maximum Gasteiger partial charge on any atom is 0.223 e. The molecule has 2 unspecified atom stereocenters. The first-order chi connectivity index (χ1) is 7.88. The first-order valence-corrected chi connectivity index (χ1v) is 7.28. The number of carbonyl (C=O) groups is 1. The van der Waals surface area contributed by atoms with Crippen molar-refractivity contribution in [2.24, 2.45) is 17.3 Å². The van der Waals surface area contributed by atoms with Crippen LogP contribution in [0.4, 0.5) is 0 Å². The van der Waals surface area contributed by atoms with Crippen molar-refractivity contribution in [1.29, 1.82) is 0 Å². The maximum absolute atomic E-state index is 12.3. The molecule has 1 aliphatic carbocycles. The quantitative estimate of drug-likeness (QED) is 0.752. The van der Waals surface area contributed by atoms with Gasteiger partial charge >= 0.3 is 0 Å². The van der Waals surface area contributed by atoms with E-state index in [0.29, 0.717) is 11.8 Å². The summed E-state index contributed by atoms with van der Waals surface area (Å²) in [6, 6.07) is 0.219. The molecule has 17 heavy (non-hydrogen) atoms. The molecule has 2 atom stereocenters. The van der Waals surface area contributed by atoms with Gasteiger partial charge in [-0.05, 0) is 30.6 Å². The van der Waals surface area contributed by atoms with E-state index in [1.54, 1.807) is 0 Å². The topological polar surface area (TPSA) is 29.1 Å². The summed E-state index contributed by atoms with van der Waals surface area (Å²) in [5.74, 6) is 1.47. The minimum absolute atomic E-state index is 0.159. The number of hydrogen-bond donors (Lipinski definition) is 1. The van der Waals surface area contributed by atoms with Gasteiger partial charge in [-0.25, -0.2) is 0 Å². The number of alkyl halides is 1. The summed E-state index contributed by atoms with van der Waals surface area (Å²) in [6.45, 7) is 8.68. The Morgan fingerprint density at radius 2 is 2.12 bits per heavy atom. The lowest BCUT2D eigenvalue weighted by molar-refractivity contribution is -0.128. The Morgan fingerprint density at radius 3 is 2.53 bits per heavy atom. The van der Waals surface area contributed by atoms with Gasteiger partial charge in [-0.2, -0.15) is 0 Å². The van der Waals surface area contributed by atoms with E-state index in [1.807, 2.05) is 0 Å². The van der Waals surface area contributed by atoms with Crippen molar-refractivity contribution in [2.75, 3.05) is 5.88 Å². The van der Waals surface area contributed by atoms with Crippen LogP contribution in [0.2, 0.25) is 0 Å². The monoisotopic (exact) mass is 259 g/mol. The van der Waals surface area contributed by atoms with Gasteiger partial charge in [0, 0.05) is 17.8 Å². The van der Waals surface area contributed by atoms with Gasteiger partial charge in [-0.1, -0.05) is 34.1 Å². The zero-order valence-corrected chi connectivity index (χ0v) is 12.3. The van der Waals surface area contributed by atoms with Crippen molar-refractivity contribution in [3.63, 3.8) is 0 Å². The van der Waals surface area contributed by atoms with E-state index in [1.165, 1.54) is 6.42 Å². The van der Waals surface area contributed by atoms with Gasteiger partial charge in [-0.15, -0.1) is 11.6 Å². The zero-order chi connectivity index (χ0) is 13.1. The smallest absolute Gasteiger partial charge is 0.223 e. The summed E-state index contributed by atoms with van der Waals surface area (Å²) >= 11 is 5.79.